The summed E-state index contributed by atoms with van der Waals surface area (Å²) in [4.78, 5) is 8.75. The number of halogens is 1. The Morgan fingerprint density at radius 2 is 2.05 bits per heavy atom. The van der Waals surface area contributed by atoms with Gasteiger partial charge in [0.15, 0.2) is 5.82 Å². The van der Waals surface area contributed by atoms with Crippen LogP contribution in [0.1, 0.15) is 19.2 Å². The van der Waals surface area contributed by atoms with E-state index in [1.165, 1.54) is 0 Å². The highest BCUT2D eigenvalue weighted by atomic mass is 127. The van der Waals surface area contributed by atoms with E-state index in [4.69, 9.17) is 4.74 Å². The van der Waals surface area contributed by atoms with Crippen molar-refractivity contribution in [2.45, 2.75) is 20.0 Å². The smallest absolute Gasteiger partial charge is 0.168 e. The van der Waals surface area contributed by atoms with Crippen molar-refractivity contribution in [2.24, 2.45) is 0 Å². The number of nitrogens with zero attached hydrogens (tertiary/aromatic N) is 2. The number of ether oxygens (including phenoxy) is 1. The van der Waals surface area contributed by atoms with Gasteiger partial charge in [0.05, 0.1) is 3.57 Å². The van der Waals surface area contributed by atoms with Crippen LogP contribution in [0.5, 0.6) is 5.75 Å². The van der Waals surface area contributed by atoms with E-state index in [1.807, 2.05) is 36.5 Å². The monoisotopic (exact) mass is 369 g/mol. The Balaban J connectivity index is 2.00. The summed E-state index contributed by atoms with van der Waals surface area (Å²) >= 11 is 2.23. The van der Waals surface area contributed by atoms with Crippen molar-refractivity contribution in [3.8, 4) is 5.75 Å². The van der Waals surface area contributed by atoms with Gasteiger partial charge in [-0.1, -0.05) is 25.1 Å². The first-order chi connectivity index (χ1) is 9.29. The quantitative estimate of drug-likeness (QED) is 0.792. The number of rotatable bonds is 6. The fourth-order valence-electron chi connectivity index (χ4n) is 1.51. The average Bonchev–Trinajstić information content (AvgIpc) is 2.46. The van der Waals surface area contributed by atoms with Crippen molar-refractivity contribution in [1.29, 1.82) is 0 Å². The zero-order valence-corrected chi connectivity index (χ0v) is 12.9. The van der Waals surface area contributed by atoms with Crippen LogP contribution in [0.25, 0.3) is 0 Å². The summed E-state index contributed by atoms with van der Waals surface area (Å²) in [5.41, 5.74) is 0. The van der Waals surface area contributed by atoms with Gasteiger partial charge < -0.3 is 10.1 Å². The van der Waals surface area contributed by atoms with Gasteiger partial charge in [0.1, 0.15) is 18.2 Å². The van der Waals surface area contributed by atoms with E-state index < -0.39 is 0 Å². The van der Waals surface area contributed by atoms with Crippen LogP contribution in [0.15, 0.2) is 36.5 Å². The third kappa shape index (κ3) is 4.34. The van der Waals surface area contributed by atoms with Gasteiger partial charge in [0, 0.05) is 12.7 Å². The van der Waals surface area contributed by atoms with Crippen molar-refractivity contribution in [1.82, 2.24) is 9.97 Å². The number of anilines is 1. The van der Waals surface area contributed by atoms with Crippen molar-refractivity contribution < 1.29 is 4.74 Å². The van der Waals surface area contributed by atoms with Gasteiger partial charge in [0.2, 0.25) is 0 Å². The Hall–Kier alpha value is -1.37. The van der Waals surface area contributed by atoms with Gasteiger partial charge in [-0.2, -0.15) is 0 Å². The van der Waals surface area contributed by atoms with Crippen LogP contribution in [0.4, 0.5) is 5.82 Å². The number of hydrogen-bond donors (Lipinski definition) is 1. The first-order valence-electron chi connectivity index (χ1n) is 6.22. The molecule has 0 aliphatic carbocycles. The van der Waals surface area contributed by atoms with Crippen LogP contribution < -0.4 is 10.1 Å². The molecule has 0 aliphatic rings. The Morgan fingerprint density at radius 3 is 2.79 bits per heavy atom. The first kappa shape index (κ1) is 14.0. The van der Waals surface area contributed by atoms with E-state index in [-0.39, 0.29) is 0 Å². The molecule has 2 rings (SSSR count). The molecule has 0 bridgehead atoms. The fourth-order valence-corrected chi connectivity index (χ4v) is 1.96. The molecule has 0 saturated heterocycles. The molecule has 0 unspecified atom stereocenters. The summed E-state index contributed by atoms with van der Waals surface area (Å²) in [6.07, 6.45) is 2.88. The van der Waals surface area contributed by atoms with Gasteiger partial charge in [-0.15, -0.1) is 0 Å². The van der Waals surface area contributed by atoms with E-state index in [0.29, 0.717) is 12.4 Å². The summed E-state index contributed by atoms with van der Waals surface area (Å²) in [5.74, 6) is 2.39. The third-order valence-corrected chi connectivity index (χ3v) is 3.24. The molecule has 100 valence electrons. The average molecular weight is 369 g/mol. The second kappa shape index (κ2) is 7.28. The Morgan fingerprint density at radius 1 is 1.26 bits per heavy atom. The van der Waals surface area contributed by atoms with Gasteiger partial charge in [-0.3, -0.25) is 0 Å². The number of aromatic nitrogens is 2. The zero-order valence-electron chi connectivity index (χ0n) is 10.8. The number of para-hydroxylation sites is 1. The minimum absolute atomic E-state index is 0.377. The second-order valence-corrected chi connectivity index (χ2v) is 5.17. The molecule has 0 atom stereocenters. The molecule has 19 heavy (non-hydrogen) atoms. The molecule has 0 radical (unpaired) electrons. The number of benzene rings is 1. The van der Waals surface area contributed by atoms with Crippen molar-refractivity contribution >= 4 is 28.4 Å². The molecule has 0 fully saturated rings. The molecule has 5 heteroatoms. The number of hydrogen-bond acceptors (Lipinski definition) is 4. The molecular weight excluding hydrogens is 353 g/mol. The molecule has 0 spiro atoms. The van der Waals surface area contributed by atoms with Crippen molar-refractivity contribution in [3.63, 3.8) is 0 Å². The van der Waals surface area contributed by atoms with Gasteiger partial charge in [0.25, 0.3) is 0 Å². The van der Waals surface area contributed by atoms with Crippen LogP contribution in [-0.4, -0.2) is 16.5 Å². The highest BCUT2D eigenvalue weighted by molar-refractivity contribution is 14.1. The van der Waals surface area contributed by atoms with Crippen LogP contribution in [-0.2, 0) is 6.61 Å². The van der Waals surface area contributed by atoms with Crippen LogP contribution in [0, 0.1) is 3.57 Å². The molecule has 1 heterocycles. The summed E-state index contributed by atoms with van der Waals surface area (Å²) in [5, 5.41) is 3.29. The molecule has 4 nitrogen and oxygen atoms in total. The van der Waals surface area contributed by atoms with Gasteiger partial charge in [-0.05, 0) is 41.1 Å². The van der Waals surface area contributed by atoms with Crippen molar-refractivity contribution in [2.75, 3.05) is 11.9 Å². The molecule has 0 aliphatic heterocycles. The summed E-state index contributed by atoms with van der Waals surface area (Å²) in [6.45, 7) is 3.41. The highest BCUT2D eigenvalue weighted by Gasteiger charge is 2.05. The molecule has 1 N–H and O–H groups in total. The lowest BCUT2D eigenvalue weighted by atomic mass is 10.3. The predicted octanol–water partition coefficient (Wildman–Crippen LogP) is 3.48. The lowest BCUT2D eigenvalue weighted by Gasteiger charge is -2.09. The normalized spacial score (nSPS) is 10.2. The maximum Gasteiger partial charge on any atom is 0.168 e. The minimum Gasteiger partial charge on any atom is -0.486 e. The standard InChI is InChI=1S/C14H16IN3O/c1-2-8-16-14-12(15)9-17-13(18-14)10-19-11-6-4-3-5-7-11/h3-7,9H,2,8,10H2,1H3,(H,16,17,18). The van der Waals surface area contributed by atoms with E-state index in [0.717, 1.165) is 28.1 Å². The van der Waals surface area contributed by atoms with Gasteiger partial charge >= 0.3 is 0 Å². The maximum atomic E-state index is 5.64. The molecule has 0 saturated carbocycles. The lowest BCUT2D eigenvalue weighted by molar-refractivity contribution is 0.296. The summed E-state index contributed by atoms with van der Waals surface area (Å²) in [7, 11) is 0. The van der Waals surface area contributed by atoms with E-state index >= 15 is 0 Å². The zero-order chi connectivity index (χ0) is 13.5. The van der Waals surface area contributed by atoms with E-state index in [9.17, 15) is 0 Å². The molecular formula is C14H16IN3O. The lowest BCUT2D eigenvalue weighted by Crippen LogP contribution is -2.08. The minimum atomic E-state index is 0.377. The summed E-state index contributed by atoms with van der Waals surface area (Å²) in [6, 6.07) is 9.68. The van der Waals surface area contributed by atoms with E-state index in [1.54, 1.807) is 0 Å². The van der Waals surface area contributed by atoms with E-state index in [2.05, 4.69) is 44.8 Å². The van der Waals surface area contributed by atoms with Crippen molar-refractivity contribution in [3.05, 3.63) is 45.9 Å². The van der Waals surface area contributed by atoms with Crippen LogP contribution in [0.3, 0.4) is 0 Å². The second-order valence-electron chi connectivity index (χ2n) is 4.01. The largest absolute Gasteiger partial charge is 0.486 e. The highest BCUT2D eigenvalue weighted by Crippen LogP contribution is 2.15. The summed E-state index contributed by atoms with van der Waals surface area (Å²) < 4.78 is 6.66. The number of nitrogens with one attached hydrogen (secondary N) is 1. The first-order valence-corrected chi connectivity index (χ1v) is 7.30. The Bertz CT molecular complexity index is 519. The molecule has 0 amide bonds. The van der Waals surface area contributed by atoms with Gasteiger partial charge in [-0.25, -0.2) is 9.97 Å². The Labute approximate surface area is 126 Å². The molecule has 1 aromatic carbocycles. The fraction of sp³-hybridized carbons (Fsp3) is 0.286. The van der Waals surface area contributed by atoms with Crippen LogP contribution in [0.2, 0.25) is 0 Å². The SMILES string of the molecule is CCCNc1nc(COc2ccccc2)ncc1I. The topological polar surface area (TPSA) is 47.0 Å². The third-order valence-electron chi connectivity index (χ3n) is 2.45. The molecule has 2 aromatic rings. The predicted molar refractivity (Wildman–Crippen MR) is 84.3 cm³/mol. The van der Waals surface area contributed by atoms with Crippen LogP contribution >= 0.6 is 22.6 Å². The Kier molecular flexibility index (Phi) is 5.38. The molecule has 1 aromatic heterocycles. The maximum absolute atomic E-state index is 5.64.